The van der Waals surface area contributed by atoms with E-state index in [9.17, 15) is 0 Å². The first-order valence-corrected chi connectivity index (χ1v) is 12.4. The van der Waals surface area contributed by atoms with Crippen LogP contribution in [0.4, 0.5) is 5.69 Å². The van der Waals surface area contributed by atoms with Crippen LogP contribution < -0.4 is 0 Å². The summed E-state index contributed by atoms with van der Waals surface area (Å²) in [6.45, 7) is 0. The maximum absolute atomic E-state index is 4.92. The highest BCUT2D eigenvalue weighted by molar-refractivity contribution is 7.80. The maximum Gasteiger partial charge on any atom is 0.164 e. The van der Waals surface area contributed by atoms with E-state index in [1.165, 1.54) is 0 Å². The molecule has 6 aromatic rings. The minimum atomic E-state index is 0.614. The zero-order chi connectivity index (χ0) is 25.0. The van der Waals surface area contributed by atoms with Gasteiger partial charge in [-0.05, 0) is 17.0 Å². The van der Waals surface area contributed by atoms with Crippen molar-refractivity contribution >= 4 is 35.3 Å². The minimum Gasteiger partial charge on any atom is -0.254 e. The van der Waals surface area contributed by atoms with Gasteiger partial charge in [0.1, 0.15) is 0 Å². The molecule has 5 heteroatoms. The van der Waals surface area contributed by atoms with E-state index in [0.717, 1.165) is 43.6 Å². The highest BCUT2D eigenvalue weighted by Crippen LogP contribution is 2.37. The second-order valence-corrected chi connectivity index (χ2v) is 9.02. The number of hydrogen-bond acceptors (Lipinski definition) is 5. The molecule has 0 bridgehead atoms. The normalized spacial score (nSPS) is 11.3. The summed E-state index contributed by atoms with van der Waals surface area (Å²) in [7, 11) is 0. The molecule has 176 valence electrons. The molecule has 5 aromatic carbocycles. The fourth-order valence-corrected chi connectivity index (χ4v) is 4.52. The molecule has 0 atom stereocenters. The first-order valence-electron chi connectivity index (χ1n) is 12.0. The summed E-state index contributed by atoms with van der Waals surface area (Å²) in [5.74, 6) is 1.88. The van der Waals surface area contributed by atoms with Gasteiger partial charge in [-0.3, -0.25) is 4.99 Å². The van der Waals surface area contributed by atoms with Gasteiger partial charge in [0.25, 0.3) is 0 Å². The van der Waals surface area contributed by atoms with Gasteiger partial charge in [0.2, 0.25) is 0 Å². The van der Waals surface area contributed by atoms with Crippen LogP contribution in [0.5, 0.6) is 0 Å². The number of thiol groups is 1. The van der Waals surface area contributed by atoms with Crippen LogP contribution >= 0.6 is 12.6 Å². The predicted molar refractivity (Wildman–Crippen MR) is 155 cm³/mol. The van der Waals surface area contributed by atoms with Crippen molar-refractivity contribution in [3.05, 3.63) is 127 Å². The third-order valence-corrected chi connectivity index (χ3v) is 6.46. The molecule has 0 radical (unpaired) electrons. The first-order chi connectivity index (χ1) is 18.3. The van der Waals surface area contributed by atoms with Crippen molar-refractivity contribution in [1.29, 1.82) is 0 Å². The Morgan fingerprint density at radius 1 is 0.514 bits per heavy atom. The average molecular weight is 495 g/mol. The number of fused-ring (bicyclic) bond motifs is 1. The van der Waals surface area contributed by atoms with Crippen molar-refractivity contribution in [1.82, 2.24) is 15.0 Å². The van der Waals surface area contributed by atoms with Crippen LogP contribution in [0.15, 0.2) is 131 Å². The number of nitrogens with zero attached hydrogens (tertiary/aromatic N) is 4. The number of rotatable bonds is 5. The van der Waals surface area contributed by atoms with Gasteiger partial charge >= 0.3 is 0 Å². The van der Waals surface area contributed by atoms with Gasteiger partial charge in [-0.25, -0.2) is 15.0 Å². The lowest BCUT2D eigenvalue weighted by Crippen LogP contribution is -2.00. The number of aromatic nitrogens is 3. The van der Waals surface area contributed by atoms with Crippen LogP contribution in [-0.2, 0) is 0 Å². The Balaban J connectivity index is 1.54. The van der Waals surface area contributed by atoms with Crippen LogP contribution in [0.3, 0.4) is 0 Å². The van der Waals surface area contributed by atoms with E-state index in [0.29, 0.717) is 17.5 Å². The van der Waals surface area contributed by atoms with Crippen molar-refractivity contribution in [3.63, 3.8) is 0 Å². The summed E-state index contributed by atoms with van der Waals surface area (Å²) in [4.78, 5) is 20.3. The third-order valence-electron chi connectivity index (χ3n) is 6.09. The lowest BCUT2D eigenvalue weighted by atomic mass is 10.0. The smallest absolute Gasteiger partial charge is 0.164 e. The third kappa shape index (κ3) is 4.77. The molecule has 1 heterocycles. The highest BCUT2D eigenvalue weighted by Gasteiger charge is 2.15. The van der Waals surface area contributed by atoms with E-state index in [1.807, 2.05) is 115 Å². The zero-order valence-electron chi connectivity index (χ0n) is 19.9. The molecule has 0 N–H and O–H groups in total. The van der Waals surface area contributed by atoms with E-state index >= 15 is 0 Å². The molecule has 37 heavy (non-hydrogen) atoms. The van der Waals surface area contributed by atoms with E-state index in [-0.39, 0.29) is 0 Å². The molecule has 0 spiro atoms. The molecule has 0 fully saturated rings. The summed E-state index contributed by atoms with van der Waals surface area (Å²) in [5.41, 5.74) is 4.63. The molecular weight excluding hydrogens is 472 g/mol. The number of benzene rings is 5. The quantitative estimate of drug-likeness (QED) is 0.195. The fraction of sp³-hybridized carbons (Fsp3) is 0. The predicted octanol–water partition coefficient (Wildman–Crippen LogP) is 8.07. The Bertz CT molecular complexity index is 1660. The van der Waals surface area contributed by atoms with Gasteiger partial charge in [0, 0.05) is 33.2 Å². The maximum atomic E-state index is 4.92. The highest BCUT2D eigenvalue weighted by atomic mass is 32.1. The molecule has 4 nitrogen and oxygen atoms in total. The van der Waals surface area contributed by atoms with Gasteiger partial charge in [0.15, 0.2) is 17.5 Å². The van der Waals surface area contributed by atoms with Crippen molar-refractivity contribution in [2.75, 3.05) is 0 Å². The number of aliphatic imine (C=N–C) groups is 1. The zero-order valence-corrected chi connectivity index (χ0v) is 20.8. The second kappa shape index (κ2) is 10.2. The Kier molecular flexibility index (Phi) is 6.28. The number of hydrogen-bond donors (Lipinski definition) is 1. The molecule has 0 amide bonds. The standard InChI is InChI=1S/C32H22N4S/c37-28-20-19-25-26(29(28)33-21-22-11-4-1-5-12-22)17-10-18-27(25)32-35-30(23-13-6-2-7-14-23)34-31(36-32)24-15-8-3-9-16-24/h1-21,37H. The van der Waals surface area contributed by atoms with Gasteiger partial charge in [-0.1, -0.05) is 115 Å². The Morgan fingerprint density at radius 3 is 1.70 bits per heavy atom. The van der Waals surface area contributed by atoms with Crippen molar-refractivity contribution in [3.8, 4) is 34.2 Å². The summed E-state index contributed by atoms with van der Waals surface area (Å²) in [5, 5.41) is 1.99. The van der Waals surface area contributed by atoms with Crippen LogP contribution in [-0.4, -0.2) is 21.2 Å². The molecule has 1 aromatic heterocycles. The summed E-state index contributed by atoms with van der Waals surface area (Å²) in [6.07, 6.45) is 1.87. The Morgan fingerprint density at radius 2 is 1.08 bits per heavy atom. The summed E-state index contributed by atoms with van der Waals surface area (Å²) >= 11 is 4.71. The van der Waals surface area contributed by atoms with Gasteiger partial charge in [-0.2, -0.15) is 0 Å². The molecule has 0 aliphatic rings. The summed E-state index contributed by atoms with van der Waals surface area (Å²) in [6, 6.07) is 40.2. The fourth-order valence-electron chi connectivity index (χ4n) is 4.27. The largest absolute Gasteiger partial charge is 0.254 e. The minimum absolute atomic E-state index is 0.614. The van der Waals surface area contributed by atoms with Crippen LogP contribution in [0, 0.1) is 0 Å². The SMILES string of the molecule is Sc1ccc2c(-c3nc(-c4ccccc4)nc(-c4ccccc4)n3)cccc2c1N=Cc1ccccc1. The topological polar surface area (TPSA) is 51.0 Å². The molecule has 0 unspecified atom stereocenters. The Labute approximate surface area is 220 Å². The van der Waals surface area contributed by atoms with E-state index in [2.05, 4.69) is 12.1 Å². The van der Waals surface area contributed by atoms with E-state index in [4.69, 9.17) is 32.6 Å². The van der Waals surface area contributed by atoms with Crippen molar-refractivity contribution < 1.29 is 0 Å². The van der Waals surface area contributed by atoms with Gasteiger partial charge < -0.3 is 0 Å². The molecule has 0 saturated heterocycles. The lowest BCUT2D eigenvalue weighted by molar-refractivity contribution is 1.08. The monoisotopic (exact) mass is 494 g/mol. The van der Waals surface area contributed by atoms with Gasteiger partial charge in [0.05, 0.1) is 5.69 Å². The summed E-state index contributed by atoms with van der Waals surface area (Å²) < 4.78 is 0. The van der Waals surface area contributed by atoms with Crippen molar-refractivity contribution in [2.45, 2.75) is 4.90 Å². The van der Waals surface area contributed by atoms with Crippen LogP contribution in [0.25, 0.3) is 44.9 Å². The van der Waals surface area contributed by atoms with Crippen molar-refractivity contribution in [2.24, 2.45) is 4.99 Å². The molecule has 0 aliphatic heterocycles. The average Bonchev–Trinajstić information content (AvgIpc) is 2.97. The first kappa shape index (κ1) is 22.8. The molecule has 0 saturated carbocycles. The second-order valence-electron chi connectivity index (χ2n) is 8.54. The lowest BCUT2D eigenvalue weighted by Gasteiger charge is -2.12. The molecular formula is C32H22N4S. The molecule has 6 rings (SSSR count). The van der Waals surface area contributed by atoms with Crippen LogP contribution in [0.1, 0.15) is 5.56 Å². The molecule has 0 aliphatic carbocycles. The Hall–Kier alpha value is -4.61. The van der Waals surface area contributed by atoms with Crippen LogP contribution in [0.2, 0.25) is 0 Å². The van der Waals surface area contributed by atoms with E-state index in [1.54, 1.807) is 0 Å². The van der Waals surface area contributed by atoms with E-state index < -0.39 is 0 Å². The van der Waals surface area contributed by atoms with Gasteiger partial charge in [-0.15, -0.1) is 12.6 Å².